The van der Waals surface area contributed by atoms with Gasteiger partial charge in [0.15, 0.2) is 6.20 Å². The van der Waals surface area contributed by atoms with E-state index in [1.54, 1.807) is 0 Å². The number of nitrogens with zero attached hydrogens (tertiary/aromatic N) is 2. The van der Waals surface area contributed by atoms with E-state index in [4.69, 9.17) is 4.74 Å². The van der Waals surface area contributed by atoms with Crippen LogP contribution in [0.2, 0.25) is 0 Å². The Labute approximate surface area is 80.5 Å². The first-order valence-electron chi connectivity index (χ1n) is 3.93. The smallest absolute Gasteiger partial charge is 0.284 e. The number of nitro groups is 1. The van der Waals surface area contributed by atoms with Gasteiger partial charge < -0.3 is 9.94 Å². The molecule has 0 unspecified atom stereocenters. The fourth-order valence-electron chi connectivity index (χ4n) is 1.17. The van der Waals surface area contributed by atoms with Crippen LogP contribution in [0, 0.1) is 22.2 Å². The molecule has 0 atom stereocenters. The fraction of sp³-hybridized carbons (Fsp3) is 0.375. The van der Waals surface area contributed by atoms with Gasteiger partial charge in [-0.1, -0.05) is 0 Å². The summed E-state index contributed by atoms with van der Waals surface area (Å²) in [5, 5.41) is 21.8. The van der Waals surface area contributed by atoms with Crippen LogP contribution in [-0.4, -0.2) is 12.0 Å². The Kier molecular flexibility index (Phi) is 2.98. The van der Waals surface area contributed by atoms with E-state index in [0.29, 0.717) is 10.3 Å². The number of hydrogen-bond donors (Lipinski definition) is 0. The lowest BCUT2D eigenvalue weighted by Gasteiger charge is -2.06. The second kappa shape index (κ2) is 4.01. The average Bonchev–Trinajstić information content (AvgIpc) is 2.11. The molecule has 0 saturated heterocycles. The van der Waals surface area contributed by atoms with Gasteiger partial charge in [-0.3, -0.25) is 10.1 Å². The average molecular weight is 198 g/mol. The maximum atomic E-state index is 11.2. The van der Waals surface area contributed by atoms with Gasteiger partial charge in [0.1, 0.15) is 6.61 Å². The number of ether oxygens (including phenoxy) is 1. The Hall–Kier alpha value is -1.69. The van der Waals surface area contributed by atoms with Crippen LogP contribution in [0.4, 0.5) is 5.69 Å². The molecular weight excluding hydrogens is 188 g/mol. The predicted octanol–water partition coefficient (Wildman–Crippen LogP) is 0.683. The zero-order valence-corrected chi connectivity index (χ0v) is 7.89. The summed E-state index contributed by atoms with van der Waals surface area (Å²) < 4.78 is 5.36. The molecule has 0 aliphatic rings. The molecule has 0 N–H and O–H groups in total. The van der Waals surface area contributed by atoms with Crippen LogP contribution in [0.25, 0.3) is 0 Å². The zero-order valence-electron chi connectivity index (χ0n) is 7.89. The summed E-state index contributed by atoms with van der Waals surface area (Å²) in [5.41, 5.74) is 0.542. The van der Waals surface area contributed by atoms with Gasteiger partial charge >= 0.3 is 0 Å². The van der Waals surface area contributed by atoms with E-state index in [-0.39, 0.29) is 18.0 Å². The fourth-order valence-corrected chi connectivity index (χ4v) is 1.17. The highest BCUT2D eigenvalue weighted by molar-refractivity contribution is 5.38. The van der Waals surface area contributed by atoms with Gasteiger partial charge in [-0.15, -0.1) is 0 Å². The number of hydrogen-bond acceptors (Lipinski definition) is 4. The molecule has 0 aliphatic heterocycles. The van der Waals surface area contributed by atoms with Gasteiger partial charge in [-0.05, 0) is 6.92 Å². The highest BCUT2D eigenvalue weighted by Gasteiger charge is 2.20. The van der Waals surface area contributed by atoms with Crippen LogP contribution < -0.4 is 4.73 Å². The lowest BCUT2D eigenvalue weighted by atomic mass is 10.2. The quantitative estimate of drug-likeness (QED) is 0.309. The van der Waals surface area contributed by atoms with Crippen molar-refractivity contribution in [3.63, 3.8) is 0 Å². The molecule has 6 nitrogen and oxygen atoms in total. The van der Waals surface area contributed by atoms with E-state index in [1.807, 2.05) is 0 Å². The topological polar surface area (TPSA) is 79.3 Å². The molecule has 0 amide bonds. The highest BCUT2D eigenvalue weighted by atomic mass is 16.6. The molecule has 6 heteroatoms. The molecule has 1 aromatic heterocycles. The Morgan fingerprint density at radius 3 is 2.79 bits per heavy atom. The molecule has 1 aromatic rings. The predicted molar refractivity (Wildman–Crippen MR) is 47.5 cm³/mol. The molecule has 0 aromatic carbocycles. The maximum Gasteiger partial charge on any atom is 0.284 e. The molecule has 0 aliphatic carbocycles. The van der Waals surface area contributed by atoms with Crippen LogP contribution in [-0.2, 0) is 11.3 Å². The van der Waals surface area contributed by atoms with Crippen LogP contribution >= 0.6 is 0 Å². The molecule has 1 heterocycles. The minimum Gasteiger partial charge on any atom is -0.618 e. The van der Waals surface area contributed by atoms with Gasteiger partial charge in [-0.2, -0.15) is 4.73 Å². The molecule has 0 bridgehead atoms. The first kappa shape index (κ1) is 10.4. The van der Waals surface area contributed by atoms with E-state index in [2.05, 4.69) is 0 Å². The van der Waals surface area contributed by atoms with E-state index >= 15 is 0 Å². The lowest BCUT2D eigenvalue weighted by molar-refractivity contribution is -0.617. The van der Waals surface area contributed by atoms with Gasteiger partial charge in [0.25, 0.3) is 5.69 Å². The molecule has 14 heavy (non-hydrogen) atoms. The third-order valence-corrected chi connectivity index (χ3v) is 1.93. The van der Waals surface area contributed by atoms with Crippen LogP contribution in [0.1, 0.15) is 11.3 Å². The van der Waals surface area contributed by atoms with Crippen molar-refractivity contribution >= 4 is 5.69 Å². The van der Waals surface area contributed by atoms with Crippen LogP contribution in [0.3, 0.4) is 0 Å². The number of aromatic nitrogens is 1. The van der Waals surface area contributed by atoms with E-state index in [9.17, 15) is 15.3 Å². The van der Waals surface area contributed by atoms with E-state index in [0.717, 1.165) is 6.20 Å². The summed E-state index contributed by atoms with van der Waals surface area (Å²) >= 11 is 0. The molecule has 76 valence electrons. The normalized spacial score (nSPS) is 10.1. The molecule has 0 saturated carbocycles. The molecule has 1 rings (SSSR count). The number of pyridine rings is 1. The molecule has 0 fully saturated rings. The van der Waals surface area contributed by atoms with Crippen molar-refractivity contribution in [2.75, 3.05) is 7.11 Å². The minimum absolute atomic E-state index is 0.0656. The van der Waals surface area contributed by atoms with E-state index in [1.165, 1.54) is 20.1 Å². The van der Waals surface area contributed by atoms with Crippen molar-refractivity contribution in [3.05, 3.63) is 38.8 Å². The van der Waals surface area contributed by atoms with Crippen molar-refractivity contribution in [2.24, 2.45) is 0 Å². The Balaban J connectivity index is 3.26. The van der Waals surface area contributed by atoms with Crippen molar-refractivity contribution < 1.29 is 14.4 Å². The summed E-state index contributed by atoms with van der Waals surface area (Å²) in [6, 6.07) is 1.18. The van der Waals surface area contributed by atoms with Crippen LogP contribution in [0.15, 0.2) is 12.3 Å². The molecular formula is C8H10N2O4. The standard InChI is InChI=1S/C8H10N2O4/c1-6-7(10(12)13)3-4-9(11)8(6)5-14-2/h3-4H,5H2,1-2H3. The Bertz CT molecular complexity index is 365. The summed E-state index contributed by atoms with van der Waals surface area (Å²) in [6.45, 7) is 1.60. The van der Waals surface area contributed by atoms with Crippen molar-refractivity contribution in [1.82, 2.24) is 0 Å². The van der Waals surface area contributed by atoms with Crippen molar-refractivity contribution in [3.8, 4) is 0 Å². The highest BCUT2D eigenvalue weighted by Crippen LogP contribution is 2.18. The third-order valence-electron chi connectivity index (χ3n) is 1.93. The summed E-state index contributed by atoms with van der Waals surface area (Å²) in [7, 11) is 1.43. The van der Waals surface area contributed by atoms with Crippen molar-refractivity contribution in [1.29, 1.82) is 0 Å². The van der Waals surface area contributed by atoms with Gasteiger partial charge in [0, 0.05) is 7.11 Å². The van der Waals surface area contributed by atoms with E-state index < -0.39 is 4.92 Å². The Morgan fingerprint density at radius 2 is 2.29 bits per heavy atom. The second-order valence-electron chi connectivity index (χ2n) is 2.79. The lowest BCUT2D eigenvalue weighted by Crippen LogP contribution is -2.33. The number of methoxy groups -OCH3 is 1. The van der Waals surface area contributed by atoms with Gasteiger partial charge in [0.2, 0.25) is 5.69 Å². The summed E-state index contributed by atoms with van der Waals surface area (Å²) in [5.74, 6) is 0. The Morgan fingerprint density at radius 1 is 1.64 bits per heavy atom. The summed E-state index contributed by atoms with van der Waals surface area (Å²) in [6.07, 6.45) is 1.11. The summed E-state index contributed by atoms with van der Waals surface area (Å²) in [4.78, 5) is 10.0. The minimum atomic E-state index is -0.519. The van der Waals surface area contributed by atoms with Gasteiger partial charge in [-0.25, -0.2) is 0 Å². The molecule has 0 spiro atoms. The first-order chi connectivity index (χ1) is 6.57. The first-order valence-corrected chi connectivity index (χ1v) is 3.93. The van der Waals surface area contributed by atoms with Crippen molar-refractivity contribution in [2.45, 2.75) is 13.5 Å². The second-order valence-corrected chi connectivity index (χ2v) is 2.79. The maximum absolute atomic E-state index is 11.2. The third kappa shape index (κ3) is 1.80. The monoisotopic (exact) mass is 198 g/mol. The number of rotatable bonds is 3. The zero-order chi connectivity index (χ0) is 10.7. The molecule has 0 radical (unpaired) electrons. The van der Waals surface area contributed by atoms with Crippen LogP contribution in [0.5, 0.6) is 0 Å². The SMILES string of the molecule is COCc1c(C)c([N+](=O)[O-])cc[n+]1[O-]. The largest absolute Gasteiger partial charge is 0.618 e. The van der Waals surface area contributed by atoms with Gasteiger partial charge in [0.05, 0.1) is 16.6 Å².